The van der Waals surface area contributed by atoms with Crippen molar-refractivity contribution in [1.82, 2.24) is 10.3 Å². The van der Waals surface area contributed by atoms with Crippen LogP contribution in [-0.2, 0) is 27.7 Å². The van der Waals surface area contributed by atoms with E-state index in [1.807, 2.05) is 6.07 Å². The third-order valence-electron chi connectivity index (χ3n) is 4.15. The largest absolute Gasteiger partial charge is 0.277 e. The highest BCUT2D eigenvalue weighted by molar-refractivity contribution is 8.00. The summed E-state index contributed by atoms with van der Waals surface area (Å²) in [6.07, 6.45) is 4.00. The third kappa shape index (κ3) is 4.63. The summed E-state index contributed by atoms with van der Waals surface area (Å²) in [5.41, 5.74) is 4.39. The van der Waals surface area contributed by atoms with E-state index >= 15 is 0 Å². The molecule has 8 heteroatoms. The molecular formula is C18H19FN2O3S2. The van der Waals surface area contributed by atoms with E-state index in [-0.39, 0.29) is 10.6 Å². The summed E-state index contributed by atoms with van der Waals surface area (Å²) in [5.74, 6) is -1.08. The number of carbonyl (C=O) groups excluding carboxylic acids is 1. The Bertz CT molecular complexity index is 916. The van der Waals surface area contributed by atoms with Crippen molar-refractivity contribution >= 4 is 27.7 Å². The number of hydrazine groups is 1. The summed E-state index contributed by atoms with van der Waals surface area (Å²) < 4.78 is 38.2. The Kier molecular flexibility index (Phi) is 5.95. The van der Waals surface area contributed by atoms with Gasteiger partial charge in [-0.3, -0.25) is 10.2 Å². The fourth-order valence-corrected chi connectivity index (χ4v) is 4.45. The molecule has 1 aliphatic carbocycles. The lowest BCUT2D eigenvalue weighted by Crippen LogP contribution is -2.42. The minimum absolute atomic E-state index is 0.104. The van der Waals surface area contributed by atoms with Gasteiger partial charge in [-0.2, -0.15) is 0 Å². The summed E-state index contributed by atoms with van der Waals surface area (Å²) in [6.45, 7) is 0. The van der Waals surface area contributed by atoms with Gasteiger partial charge < -0.3 is 0 Å². The van der Waals surface area contributed by atoms with E-state index in [1.54, 1.807) is 30.3 Å². The Morgan fingerprint density at radius 3 is 2.58 bits per heavy atom. The fraction of sp³-hybridized carbons (Fsp3) is 0.278. The number of rotatable bonds is 6. The fourth-order valence-electron chi connectivity index (χ4n) is 2.80. The zero-order valence-electron chi connectivity index (χ0n) is 14.0. The summed E-state index contributed by atoms with van der Waals surface area (Å²) in [5, 5.41) is 0. The molecule has 2 aromatic carbocycles. The van der Waals surface area contributed by atoms with Crippen LogP contribution in [0, 0.1) is 5.82 Å². The second-order valence-electron chi connectivity index (χ2n) is 6.01. The average Bonchev–Trinajstić information content (AvgIpc) is 2.65. The molecule has 2 aromatic rings. The second kappa shape index (κ2) is 8.20. The number of sulfonamides is 1. The molecule has 0 aliphatic heterocycles. The molecule has 2 N–H and O–H groups in total. The third-order valence-corrected chi connectivity index (χ3v) is 6.44. The highest BCUT2D eigenvalue weighted by Crippen LogP contribution is 2.24. The molecule has 1 amide bonds. The number of amides is 1. The molecule has 0 bridgehead atoms. The van der Waals surface area contributed by atoms with Gasteiger partial charge in [-0.1, -0.05) is 18.2 Å². The summed E-state index contributed by atoms with van der Waals surface area (Å²) in [4.78, 5) is 14.4. The summed E-state index contributed by atoms with van der Waals surface area (Å²) >= 11 is 0.998. The van der Waals surface area contributed by atoms with Crippen molar-refractivity contribution < 1.29 is 17.6 Å². The summed E-state index contributed by atoms with van der Waals surface area (Å²) in [6, 6.07) is 11.1. The number of fused-ring (bicyclic) bond motifs is 1. The molecule has 0 radical (unpaired) electrons. The van der Waals surface area contributed by atoms with Crippen molar-refractivity contribution in [3.63, 3.8) is 0 Å². The van der Waals surface area contributed by atoms with Gasteiger partial charge in [0.1, 0.15) is 5.82 Å². The van der Waals surface area contributed by atoms with Gasteiger partial charge in [-0.05, 0) is 61.1 Å². The van der Waals surface area contributed by atoms with Crippen LogP contribution in [0.3, 0.4) is 0 Å². The molecule has 5 nitrogen and oxygen atoms in total. The van der Waals surface area contributed by atoms with Crippen molar-refractivity contribution in [3.05, 3.63) is 59.4 Å². The number of halogens is 1. The maximum atomic E-state index is 13.5. The lowest BCUT2D eigenvalue weighted by Gasteiger charge is -2.17. The van der Waals surface area contributed by atoms with Crippen LogP contribution in [0.2, 0.25) is 0 Å². The van der Waals surface area contributed by atoms with Crippen LogP contribution in [-0.4, -0.2) is 20.1 Å². The van der Waals surface area contributed by atoms with Crippen LogP contribution < -0.4 is 10.3 Å². The number of hydrogen-bond acceptors (Lipinski definition) is 4. The van der Waals surface area contributed by atoms with E-state index in [0.717, 1.165) is 43.0 Å². The standard InChI is InChI=1S/C18H19FN2O3S2/c19-16-7-3-4-8-17(16)25-12-18(22)20-21-26(23,24)15-10-9-13-5-1-2-6-14(13)11-15/h3-4,7-11,21H,1-2,5-6,12H2,(H,20,22). The SMILES string of the molecule is O=C(CSc1ccccc1F)NNS(=O)(=O)c1ccc2c(c1)CCCC2. The van der Waals surface area contributed by atoms with E-state index in [9.17, 15) is 17.6 Å². The van der Waals surface area contributed by atoms with Crippen LogP contribution >= 0.6 is 11.8 Å². The molecule has 0 saturated heterocycles. The molecule has 0 fully saturated rings. The maximum Gasteiger partial charge on any atom is 0.257 e. The highest BCUT2D eigenvalue weighted by atomic mass is 32.2. The molecule has 0 spiro atoms. The van der Waals surface area contributed by atoms with Crippen LogP contribution in [0.15, 0.2) is 52.3 Å². The van der Waals surface area contributed by atoms with Gasteiger partial charge in [0, 0.05) is 4.90 Å². The molecular weight excluding hydrogens is 375 g/mol. The molecule has 138 valence electrons. The first-order chi connectivity index (χ1) is 12.5. The maximum absolute atomic E-state index is 13.5. The van der Waals surface area contributed by atoms with Gasteiger partial charge in [0.25, 0.3) is 10.0 Å². The first-order valence-corrected chi connectivity index (χ1v) is 10.7. The zero-order valence-corrected chi connectivity index (χ0v) is 15.6. The van der Waals surface area contributed by atoms with Crippen LogP contribution in [0.5, 0.6) is 0 Å². The van der Waals surface area contributed by atoms with E-state index in [4.69, 9.17) is 0 Å². The first kappa shape index (κ1) is 18.9. The van der Waals surface area contributed by atoms with Gasteiger partial charge in [-0.25, -0.2) is 12.8 Å². The quantitative estimate of drug-likeness (QED) is 0.584. The predicted octanol–water partition coefficient (Wildman–Crippen LogP) is 2.81. The van der Waals surface area contributed by atoms with Crippen LogP contribution in [0.1, 0.15) is 24.0 Å². The molecule has 0 aromatic heterocycles. The van der Waals surface area contributed by atoms with Crippen LogP contribution in [0.25, 0.3) is 0 Å². The Labute approximate surface area is 156 Å². The number of nitrogens with one attached hydrogen (secondary N) is 2. The predicted molar refractivity (Wildman–Crippen MR) is 98.7 cm³/mol. The zero-order chi connectivity index (χ0) is 18.6. The van der Waals surface area contributed by atoms with Gasteiger partial charge in [-0.15, -0.1) is 16.6 Å². The smallest absolute Gasteiger partial charge is 0.257 e. The van der Waals surface area contributed by atoms with Gasteiger partial charge in [0.05, 0.1) is 10.6 Å². The van der Waals surface area contributed by atoms with Crippen molar-refractivity contribution in [2.24, 2.45) is 0 Å². The van der Waals surface area contributed by atoms with Gasteiger partial charge in [0.15, 0.2) is 0 Å². The van der Waals surface area contributed by atoms with E-state index in [2.05, 4.69) is 10.3 Å². The van der Waals surface area contributed by atoms with Crippen LogP contribution in [0.4, 0.5) is 4.39 Å². The Hall–Kier alpha value is -1.90. The number of benzene rings is 2. The van der Waals surface area contributed by atoms with Crippen molar-refractivity contribution in [2.75, 3.05) is 5.75 Å². The number of thioether (sulfide) groups is 1. The minimum atomic E-state index is -3.85. The monoisotopic (exact) mass is 394 g/mol. The molecule has 26 heavy (non-hydrogen) atoms. The topological polar surface area (TPSA) is 75.3 Å². The Balaban J connectivity index is 1.58. The van der Waals surface area contributed by atoms with Gasteiger partial charge >= 0.3 is 0 Å². The number of aryl methyl sites for hydroxylation is 2. The normalized spacial score (nSPS) is 13.9. The molecule has 0 unspecified atom stereocenters. The minimum Gasteiger partial charge on any atom is -0.277 e. The molecule has 0 heterocycles. The molecule has 3 rings (SSSR count). The van der Waals surface area contributed by atoms with Crippen molar-refractivity contribution in [3.8, 4) is 0 Å². The van der Waals surface area contributed by atoms with E-state index in [0.29, 0.717) is 4.90 Å². The first-order valence-electron chi connectivity index (χ1n) is 8.25. The second-order valence-corrected chi connectivity index (χ2v) is 8.71. The number of hydrogen-bond donors (Lipinski definition) is 2. The average molecular weight is 394 g/mol. The molecule has 1 aliphatic rings. The van der Waals surface area contributed by atoms with E-state index in [1.165, 1.54) is 11.6 Å². The van der Waals surface area contributed by atoms with Crippen molar-refractivity contribution in [2.45, 2.75) is 35.5 Å². The summed E-state index contributed by atoms with van der Waals surface area (Å²) in [7, 11) is -3.85. The lowest BCUT2D eigenvalue weighted by atomic mass is 9.92. The lowest BCUT2D eigenvalue weighted by molar-refractivity contribution is -0.119. The highest BCUT2D eigenvalue weighted by Gasteiger charge is 2.18. The van der Waals surface area contributed by atoms with E-state index < -0.39 is 21.7 Å². The molecule has 0 saturated carbocycles. The Morgan fingerprint density at radius 1 is 1.08 bits per heavy atom. The number of carbonyl (C=O) groups is 1. The van der Waals surface area contributed by atoms with Crippen molar-refractivity contribution in [1.29, 1.82) is 0 Å². The van der Waals surface area contributed by atoms with Gasteiger partial charge in [0.2, 0.25) is 5.91 Å². The Morgan fingerprint density at radius 2 is 1.81 bits per heavy atom. The molecule has 0 atom stereocenters.